The van der Waals surface area contributed by atoms with Crippen LogP contribution in [0.25, 0.3) is 0 Å². The maximum atomic E-state index is 7.08. The highest BCUT2D eigenvalue weighted by Crippen LogP contribution is 2.02. The van der Waals surface area contributed by atoms with E-state index in [0.29, 0.717) is 0 Å². The molecule has 0 amide bonds. The summed E-state index contributed by atoms with van der Waals surface area (Å²) in [6.45, 7) is 0. The molecule has 2 nitrogen and oxygen atoms in total. The second-order valence-corrected chi connectivity index (χ2v) is 2.16. The first-order valence-corrected chi connectivity index (χ1v) is 3.40. The minimum Gasteiger partial charge on any atom is -0.308 e. The van der Waals surface area contributed by atoms with Gasteiger partial charge < -0.3 is 5.41 Å². The highest BCUT2D eigenvalue weighted by atomic mass is 14.6. The lowest BCUT2D eigenvalue weighted by atomic mass is 10.1. The van der Waals surface area contributed by atoms with Crippen molar-refractivity contribution in [1.29, 1.82) is 5.41 Å². The number of nitrogens with one attached hydrogen (secondary N) is 1. The molecule has 0 saturated carbocycles. The Hall–Kier alpha value is -1.44. The van der Waals surface area contributed by atoms with Gasteiger partial charge in [0.05, 0.1) is 0 Å². The van der Waals surface area contributed by atoms with Crippen LogP contribution in [0.15, 0.2) is 29.3 Å². The quantitative estimate of drug-likeness (QED) is 0.617. The van der Waals surface area contributed by atoms with Gasteiger partial charge in [-0.05, 0) is 0 Å². The molecule has 1 N–H and O–H groups in total. The minimum atomic E-state index is 0.901. The molecule has 0 unspecified atom stereocenters. The first kappa shape index (κ1) is 7.66. The van der Waals surface area contributed by atoms with Gasteiger partial charge in [0.1, 0.15) is 0 Å². The number of aliphatic imine (C=N–C) groups is 1. The maximum absolute atomic E-state index is 7.08. The van der Waals surface area contributed by atoms with E-state index >= 15 is 0 Å². The van der Waals surface area contributed by atoms with Crippen LogP contribution in [0.3, 0.4) is 0 Å². The van der Waals surface area contributed by atoms with Crippen molar-refractivity contribution in [1.82, 2.24) is 0 Å². The SMILES string of the molecule is C/N=C\c1ccccc1C=N. The lowest BCUT2D eigenvalue weighted by molar-refractivity contribution is 1.45. The van der Waals surface area contributed by atoms with Gasteiger partial charge in [-0.15, -0.1) is 0 Å². The van der Waals surface area contributed by atoms with E-state index in [1.165, 1.54) is 6.21 Å². The summed E-state index contributed by atoms with van der Waals surface area (Å²) in [4.78, 5) is 3.89. The zero-order chi connectivity index (χ0) is 8.10. The van der Waals surface area contributed by atoms with Crippen LogP contribution in [0, 0.1) is 5.41 Å². The Morgan fingerprint density at radius 3 is 2.45 bits per heavy atom. The number of rotatable bonds is 2. The van der Waals surface area contributed by atoms with Crippen LogP contribution in [0.2, 0.25) is 0 Å². The first-order valence-electron chi connectivity index (χ1n) is 3.40. The first-order chi connectivity index (χ1) is 5.38. The average Bonchev–Trinajstić information content (AvgIpc) is 2.06. The van der Waals surface area contributed by atoms with Crippen molar-refractivity contribution in [3.05, 3.63) is 35.4 Å². The second kappa shape index (κ2) is 3.66. The fraction of sp³-hybridized carbons (Fsp3) is 0.111. The van der Waals surface area contributed by atoms with Gasteiger partial charge >= 0.3 is 0 Å². The number of hydrogen-bond acceptors (Lipinski definition) is 2. The van der Waals surface area contributed by atoms with Crippen molar-refractivity contribution >= 4 is 12.4 Å². The summed E-state index contributed by atoms with van der Waals surface area (Å²) in [5.74, 6) is 0. The Balaban J connectivity index is 3.11. The van der Waals surface area contributed by atoms with E-state index in [1.54, 1.807) is 13.3 Å². The van der Waals surface area contributed by atoms with Gasteiger partial charge in [0.15, 0.2) is 0 Å². The second-order valence-electron chi connectivity index (χ2n) is 2.16. The van der Waals surface area contributed by atoms with Crippen LogP contribution >= 0.6 is 0 Å². The third-order valence-corrected chi connectivity index (χ3v) is 1.42. The molecule has 1 aromatic rings. The Kier molecular flexibility index (Phi) is 2.55. The molecule has 0 aromatic heterocycles. The van der Waals surface area contributed by atoms with Gasteiger partial charge in [0.25, 0.3) is 0 Å². The molecular formula is C9H10N2. The normalized spacial score (nSPS) is 10.3. The molecule has 1 aromatic carbocycles. The number of benzene rings is 1. The van der Waals surface area contributed by atoms with Gasteiger partial charge in [0, 0.05) is 30.6 Å². The smallest absolute Gasteiger partial charge is 0.0287 e. The van der Waals surface area contributed by atoms with E-state index in [0.717, 1.165) is 11.1 Å². The van der Waals surface area contributed by atoms with E-state index in [-0.39, 0.29) is 0 Å². The highest BCUT2D eigenvalue weighted by molar-refractivity contribution is 5.92. The van der Waals surface area contributed by atoms with E-state index in [2.05, 4.69) is 4.99 Å². The number of nitrogens with zero attached hydrogens (tertiary/aromatic N) is 1. The van der Waals surface area contributed by atoms with E-state index in [4.69, 9.17) is 5.41 Å². The molecule has 2 heteroatoms. The van der Waals surface area contributed by atoms with Gasteiger partial charge in [-0.3, -0.25) is 4.99 Å². The topological polar surface area (TPSA) is 36.2 Å². The van der Waals surface area contributed by atoms with E-state index in [1.807, 2.05) is 24.3 Å². The third-order valence-electron chi connectivity index (χ3n) is 1.42. The summed E-state index contributed by atoms with van der Waals surface area (Å²) >= 11 is 0. The molecule has 0 aliphatic rings. The monoisotopic (exact) mass is 146 g/mol. The van der Waals surface area contributed by atoms with Crippen molar-refractivity contribution in [2.24, 2.45) is 4.99 Å². The lowest BCUT2D eigenvalue weighted by Crippen LogP contribution is -1.89. The molecule has 0 heterocycles. The predicted octanol–water partition coefficient (Wildman–Crippen LogP) is 1.73. The predicted molar refractivity (Wildman–Crippen MR) is 47.8 cm³/mol. The summed E-state index contributed by atoms with van der Waals surface area (Å²) in [5, 5.41) is 7.08. The van der Waals surface area contributed by atoms with Crippen LogP contribution < -0.4 is 0 Å². The molecule has 0 aliphatic heterocycles. The van der Waals surface area contributed by atoms with Crippen molar-refractivity contribution < 1.29 is 0 Å². The van der Waals surface area contributed by atoms with Crippen molar-refractivity contribution in [3.63, 3.8) is 0 Å². The summed E-state index contributed by atoms with van der Waals surface area (Å²) in [6.07, 6.45) is 3.08. The molecule has 0 saturated heterocycles. The zero-order valence-electron chi connectivity index (χ0n) is 6.41. The molecular weight excluding hydrogens is 136 g/mol. The Bertz CT molecular complexity index is 277. The molecule has 56 valence electrons. The van der Waals surface area contributed by atoms with E-state index < -0.39 is 0 Å². The molecule has 0 atom stereocenters. The summed E-state index contributed by atoms with van der Waals surface area (Å²) in [5.41, 5.74) is 1.89. The van der Waals surface area contributed by atoms with Crippen molar-refractivity contribution in [3.8, 4) is 0 Å². The lowest BCUT2D eigenvalue weighted by Gasteiger charge is -1.95. The molecule has 1 rings (SSSR count). The van der Waals surface area contributed by atoms with Crippen molar-refractivity contribution in [2.75, 3.05) is 7.05 Å². The van der Waals surface area contributed by atoms with Crippen LogP contribution in [0.1, 0.15) is 11.1 Å². The van der Waals surface area contributed by atoms with Crippen LogP contribution in [-0.4, -0.2) is 19.5 Å². The average molecular weight is 146 g/mol. The van der Waals surface area contributed by atoms with Crippen LogP contribution in [-0.2, 0) is 0 Å². The standard InChI is InChI=1S/C9H10N2/c1-11-7-9-5-3-2-4-8(9)6-10/h2-7,10H,1H3/b10-6?,11-7-. The maximum Gasteiger partial charge on any atom is 0.0287 e. The highest BCUT2D eigenvalue weighted by Gasteiger charge is 1.92. The Labute approximate surface area is 66.1 Å². The summed E-state index contributed by atoms with van der Waals surface area (Å²) < 4.78 is 0. The molecule has 0 fully saturated rings. The third kappa shape index (κ3) is 1.74. The molecule has 0 aliphatic carbocycles. The van der Waals surface area contributed by atoms with Gasteiger partial charge in [0.2, 0.25) is 0 Å². The van der Waals surface area contributed by atoms with Gasteiger partial charge in [-0.25, -0.2) is 0 Å². The summed E-state index contributed by atoms with van der Waals surface area (Å²) in [7, 11) is 1.72. The fourth-order valence-corrected chi connectivity index (χ4v) is 0.899. The van der Waals surface area contributed by atoms with Crippen LogP contribution in [0.5, 0.6) is 0 Å². The zero-order valence-corrected chi connectivity index (χ0v) is 6.41. The molecule has 0 radical (unpaired) electrons. The van der Waals surface area contributed by atoms with E-state index in [9.17, 15) is 0 Å². The largest absolute Gasteiger partial charge is 0.308 e. The molecule has 11 heavy (non-hydrogen) atoms. The molecule has 0 bridgehead atoms. The Morgan fingerprint density at radius 2 is 1.91 bits per heavy atom. The van der Waals surface area contributed by atoms with Crippen LogP contribution in [0.4, 0.5) is 0 Å². The Morgan fingerprint density at radius 1 is 1.27 bits per heavy atom. The van der Waals surface area contributed by atoms with Gasteiger partial charge in [-0.1, -0.05) is 24.3 Å². The minimum absolute atomic E-state index is 0.901. The fourth-order valence-electron chi connectivity index (χ4n) is 0.899. The summed E-state index contributed by atoms with van der Waals surface area (Å²) in [6, 6.07) is 7.68. The van der Waals surface area contributed by atoms with Gasteiger partial charge in [-0.2, -0.15) is 0 Å². The molecule has 0 spiro atoms. The number of hydrogen-bond donors (Lipinski definition) is 1. The van der Waals surface area contributed by atoms with Crippen molar-refractivity contribution in [2.45, 2.75) is 0 Å².